The third-order valence-electron chi connectivity index (χ3n) is 6.88. The minimum atomic E-state index is -3.60. The zero-order chi connectivity index (χ0) is 24.5. The maximum atomic E-state index is 13.3. The summed E-state index contributed by atoms with van der Waals surface area (Å²) in [5.41, 5.74) is 1.80. The summed E-state index contributed by atoms with van der Waals surface area (Å²) in [5.74, 6) is -0.431. The Morgan fingerprint density at radius 3 is 2.50 bits per heavy atom. The number of benzene rings is 1. The van der Waals surface area contributed by atoms with Gasteiger partial charge in [0, 0.05) is 32.2 Å². The molecule has 2 amide bonds. The molecule has 34 heavy (non-hydrogen) atoms. The number of sulfonamides is 1. The van der Waals surface area contributed by atoms with Gasteiger partial charge >= 0.3 is 6.09 Å². The highest BCUT2D eigenvalue weighted by Gasteiger charge is 2.35. The van der Waals surface area contributed by atoms with Crippen molar-refractivity contribution in [3.05, 3.63) is 29.3 Å². The number of aryl methyl sites for hydroxylation is 2. The molecule has 1 aliphatic carbocycles. The number of nitrogens with zero attached hydrogens (tertiary/aromatic N) is 2. The fraction of sp³-hybridized carbons (Fsp3) is 0.680. The Morgan fingerprint density at radius 1 is 1.00 bits per heavy atom. The summed E-state index contributed by atoms with van der Waals surface area (Å²) < 4.78 is 33.6. The molecule has 3 aliphatic rings. The quantitative estimate of drug-likeness (QED) is 0.698. The predicted octanol–water partition coefficient (Wildman–Crippen LogP) is 3.09. The monoisotopic (exact) mass is 491 g/mol. The van der Waals surface area contributed by atoms with Crippen LogP contribution in [-0.2, 0) is 32.4 Å². The first-order valence-corrected chi connectivity index (χ1v) is 13.9. The van der Waals surface area contributed by atoms with Crippen molar-refractivity contribution in [2.45, 2.75) is 82.3 Å². The summed E-state index contributed by atoms with van der Waals surface area (Å²) in [4.78, 5) is 27.4. The molecule has 4 rings (SSSR count). The van der Waals surface area contributed by atoms with Crippen LogP contribution in [0, 0.1) is 5.92 Å². The van der Waals surface area contributed by atoms with Crippen molar-refractivity contribution in [2.24, 2.45) is 5.92 Å². The van der Waals surface area contributed by atoms with Gasteiger partial charge in [-0.15, -0.1) is 0 Å². The van der Waals surface area contributed by atoms with Crippen molar-refractivity contribution in [3.8, 4) is 0 Å². The van der Waals surface area contributed by atoms with Crippen molar-refractivity contribution in [1.82, 2.24) is 14.5 Å². The highest BCUT2D eigenvalue weighted by Crippen LogP contribution is 2.28. The van der Waals surface area contributed by atoms with Gasteiger partial charge in [-0.25, -0.2) is 13.2 Å². The molecule has 0 bridgehead atoms. The van der Waals surface area contributed by atoms with E-state index in [1.807, 2.05) is 32.9 Å². The second kappa shape index (κ2) is 9.85. The molecule has 0 radical (unpaired) electrons. The third-order valence-corrected chi connectivity index (χ3v) is 8.74. The van der Waals surface area contributed by atoms with Crippen LogP contribution in [0.5, 0.6) is 0 Å². The Balaban J connectivity index is 1.36. The molecular formula is C25H37N3O5S. The molecule has 0 saturated carbocycles. The number of carbonyl (C=O) groups excluding carboxylic acids is 2. The van der Waals surface area contributed by atoms with E-state index in [4.69, 9.17) is 4.74 Å². The van der Waals surface area contributed by atoms with E-state index >= 15 is 0 Å². The molecule has 2 heterocycles. The number of carbonyl (C=O) groups is 2. The topological polar surface area (TPSA) is 96.0 Å². The zero-order valence-electron chi connectivity index (χ0n) is 20.5. The Morgan fingerprint density at radius 2 is 1.74 bits per heavy atom. The van der Waals surface area contributed by atoms with Crippen LogP contribution in [-0.4, -0.2) is 67.4 Å². The van der Waals surface area contributed by atoms with E-state index in [0.717, 1.165) is 37.7 Å². The van der Waals surface area contributed by atoms with Crippen LogP contribution in [0.1, 0.15) is 64.0 Å². The van der Waals surface area contributed by atoms with E-state index in [1.165, 1.54) is 9.87 Å². The maximum Gasteiger partial charge on any atom is 0.410 e. The molecular weight excluding hydrogens is 454 g/mol. The summed E-state index contributed by atoms with van der Waals surface area (Å²) in [6.45, 7) is 7.11. The maximum absolute atomic E-state index is 13.3. The van der Waals surface area contributed by atoms with Crippen LogP contribution < -0.4 is 5.32 Å². The average molecular weight is 492 g/mol. The van der Waals surface area contributed by atoms with E-state index in [1.54, 1.807) is 11.0 Å². The molecule has 1 aromatic carbocycles. The number of hydrogen-bond donors (Lipinski definition) is 1. The standard InChI is InChI=1S/C25H37N3O5S/c1-25(2,3)33-24(30)27-13-5-9-20(16-27)23(29)26-21-10-6-14-28(17-21)34(31,32)22-12-11-18-7-4-8-19(18)15-22/h11-12,15,20-21H,4-10,13-14,16-17H2,1-3H3,(H,26,29)/t20-,21-/m0/s1. The van der Waals surface area contributed by atoms with Gasteiger partial charge < -0.3 is 15.0 Å². The van der Waals surface area contributed by atoms with Gasteiger partial charge in [-0.3, -0.25) is 4.79 Å². The summed E-state index contributed by atoms with van der Waals surface area (Å²) in [7, 11) is -3.60. The SMILES string of the molecule is CC(C)(C)OC(=O)N1CCC[C@H](C(=O)N[C@H]2CCCN(S(=O)(=O)c3ccc4c(c3)CCC4)C2)C1. The molecule has 8 nitrogen and oxygen atoms in total. The van der Waals surface area contributed by atoms with Crippen LogP contribution in [0.3, 0.4) is 0 Å². The molecule has 2 saturated heterocycles. The van der Waals surface area contributed by atoms with Gasteiger partial charge in [0.2, 0.25) is 15.9 Å². The average Bonchev–Trinajstić information content (AvgIpc) is 3.26. The Hall–Kier alpha value is -2.13. The number of hydrogen-bond acceptors (Lipinski definition) is 5. The lowest BCUT2D eigenvalue weighted by Crippen LogP contribution is -2.53. The lowest BCUT2D eigenvalue weighted by atomic mass is 9.96. The molecule has 0 unspecified atom stereocenters. The lowest BCUT2D eigenvalue weighted by Gasteiger charge is -2.36. The Labute approximate surface area is 203 Å². The van der Waals surface area contributed by atoms with Crippen molar-refractivity contribution in [1.29, 1.82) is 0 Å². The van der Waals surface area contributed by atoms with E-state index in [0.29, 0.717) is 37.4 Å². The van der Waals surface area contributed by atoms with Crippen LogP contribution in [0.25, 0.3) is 0 Å². The van der Waals surface area contributed by atoms with E-state index in [-0.39, 0.29) is 24.4 Å². The summed E-state index contributed by atoms with van der Waals surface area (Å²) in [6.07, 6.45) is 5.50. The van der Waals surface area contributed by atoms with Crippen molar-refractivity contribution in [3.63, 3.8) is 0 Å². The number of likely N-dealkylation sites (tertiary alicyclic amines) is 1. The Bertz CT molecular complexity index is 1030. The largest absolute Gasteiger partial charge is 0.444 e. The minimum Gasteiger partial charge on any atom is -0.444 e. The number of fused-ring (bicyclic) bond motifs is 1. The van der Waals surface area contributed by atoms with Gasteiger partial charge in [0.05, 0.1) is 10.8 Å². The van der Waals surface area contributed by atoms with Crippen LogP contribution >= 0.6 is 0 Å². The minimum absolute atomic E-state index is 0.116. The second-order valence-corrected chi connectivity index (χ2v) is 12.7. The van der Waals surface area contributed by atoms with E-state index in [2.05, 4.69) is 5.32 Å². The molecule has 9 heteroatoms. The first-order valence-electron chi connectivity index (χ1n) is 12.4. The number of rotatable bonds is 4. The zero-order valence-corrected chi connectivity index (χ0v) is 21.3. The van der Waals surface area contributed by atoms with E-state index < -0.39 is 21.7 Å². The number of ether oxygens (including phenoxy) is 1. The predicted molar refractivity (Wildman–Crippen MR) is 129 cm³/mol. The highest BCUT2D eigenvalue weighted by atomic mass is 32.2. The van der Waals surface area contributed by atoms with E-state index in [9.17, 15) is 18.0 Å². The molecule has 1 aromatic rings. The van der Waals surface area contributed by atoms with Gasteiger partial charge in [0.15, 0.2) is 0 Å². The number of nitrogens with one attached hydrogen (secondary N) is 1. The fourth-order valence-corrected chi connectivity index (χ4v) is 6.71. The molecule has 0 spiro atoms. The number of piperidine rings is 2. The van der Waals surface area contributed by atoms with Gasteiger partial charge in [0.25, 0.3) is 0 Å². The van der Waals surface area contributed by atoms with Crippen molar-refractivity contribution in [2.75, 3.05) is 26.2 Å². The summed E-state index contributed by atoms with van der Waals surface area (Å²) in [5, 5.41) is 3.07. The molecule has 0 aromatic heterocycles. The van der Waals surface area contributed by atoms with Gasteiger partial charge in [-0.2, -0.15) is 4.31 Å². The third kappa shape index (κ3) is 5.74. The first-order chi connectivity index (χ1) is 16.0. The lowest BCUT2D eigenvalue weighted by molar-refractivity contribution is -0.127. The van der Waals surface area contributed by atoms with Gasteiger partial charge in [-0.05, 0) is 89.0 Å². The fourth-order valence-electron chi connectivity index (χ4n) is 5.14. The highest BCUT2D eigenvalue weighted by molar-refractivity contribution is 7.89. The molecule has 2 atom stereocenters. The second-order valence-electron chi connectivity index (χ2n) is 10.8. The first kappa shape index (κ1) is 25.0. The van der Waals surface area contributed by atoms with Crippen LogP contribution in [0.2, 0.25) is 0 Å². The number of amides is 2. The van der Waals surface area contributed by atoms with Crippen molar-refractivity contribution >= 4 is 22.0 Å². The van der Waals surface area contributed by atoms with Crippen LogP contribution in [0.15, 0.2) is 23.1 Å². The molecule has 2 aliphatic heterocycles. The smallest absolute Gasteiger partial charge is 0.410 e. The van der Waals surface area contributed by atoms with Crippen molar-refractivity contribution < 1.29 is 22.7 Å². The normalized spacial score (nSPS) is 23.9. The molecule has 188 valence electrons. The molecule has 1 N–H and O–H groups in total. The Kier molecular flexibility index (Phi) is 7.24. The van der Waals surface area contributed by atoms with Gasteiger partial charge in [0.1, 0.15) is 5.60 Å². The van der Waals surface area contributed by atoms with Gasteiger partial charge in [-0.1, -0.05) is 6.07 Å². The summed E-state index contributed by atoms with van der Waals surface area (Å²) >= 11 is 0. The molecule has 2 fully saturated rings. The van der Waals surface area contributed by atoms with Crippen LogP contribution in [0.4, 0.5) is 4.79 Å². The summed E-state index contributed by atoms with van der Waals surface area (Å²) in [6, 6.07) is 5.25.